The summed E-state index contributed by atoms with van der Waals surface area (Å²) < 4.78 is 17.6. The molecule has 6 heteroatoms. The number of allylic oxidation sites excluding steroid dienone is 2. The van der Waals surface area contributed by atoms with Crippen LogP contribution in [0.1, 0.15) is 5.56 Å². The van der Waals surface area contributed by atoms with E-state index in [0.717, 1.165) is 5.76 Å². The van der Waals surface area contributed by atoms with Gasteiger partial charge in [0.15, 0.2) is 5.69 Å². The number of hydrogen-bond acceptors (Lipinski definition) is 4. The summed E-state index contributed by atoms with van der Waals surface area (Å²) in [5.74, 6) is 3.31. The molecule has 0 aromatic heterocycles. The van der Waals surface area contributed by atoms with Crippen LogP contribution in [0.25, 0.3) is 4.85 Å². The molecule has 28 heavy (non-hydrogen) atoms. The highest BCUT2D eigenvalue weighted by Gasteiger charge is 2.36. The molecule has 0 radical (unpaired) electrons. The monoisotopic (exact) mass is 373 g/mol. The quantitative estimate of drug-likeness (QED) is 0.593. The first-order valence-electron chi connectivity index (χ1n) is 9.25. The molecular formula is C22H20BNO4. The third-order valence-electron chi connectivity index (χ3n) is 5.08. The van der Waals surface area contributed by atoms with Crippen LogP contribution in [0.4, 0.5) is 5.69 Å². The second-order valence-corrected chi connectivity index (χ2v) is 6.95. The molecule has 2 atom stereocenters. The summed E-state index contributed by atoms with van der Waals surface area (Å²) in [6.07, 6.45) is 6.20. The van der Waals surface area contributed by atoms with E-state index in [-0.39, 0.29) is 13.5 Å². The van der Waals surface area contributed by atoms with Crippen molar-refractivity contribution in [2.24, 2.45) is 5.92 Å². The van der Waals surface area contributed by atoms with Gasteiger partial charge in [0.2, 0.25) is 0 Å². The molecule has 1 heterocycles. The van der Waals surface area contributed by atoms with Crippen LogP contribution in [0.15, 0.2) is 66.5 Å². The van der Waals surface area contributed by atoms with E-state index in [1.54, 1.807) is 42.5 Å². The Labute approximate surface area is 164 Å². The highest BCUT2D eigenvalue weighted by atomic mass is 16.5. The molecular weight excluding hydrogens is 353 g/mol. The number of ether oxygens (including phenoxy) is 2. The van der Waals surface area contributed by atoms with Gasteiger partial charge in [-0.05, 0) is 48.3 Å². The molecule has 1 aliphatic carbocycles. The Hall–Kier alpha value is -3.01. The molecule has 1 aliphatic heterocycles. The van der Waals surface area contributed by atoms with Gasteiger partial charge in [0.1, 0.15) is 23.0 Å². The first-order chi connectivity index (χ1) is 13.7. The zero-order valence-corrected chi connectivity index (χ0v) is 15.5. The predicted octanol–water partition coefficient (Wildman–Crippen LogP) is 4.99. The SMILES string of the molecule is [C-]#[N+]c1ccc(Oc2ccc(OC3=CC4COB(C)C4C=C3)c(CO)c2)cc1. The summed E-state index contributed by atoms with van der Waals surface area (Å²) in [5.41, 5.74) is 1.20. The summed E-state index contributed by atoms with van der Waals surface area (Å²) in [5, 5.41) is 9.77. The van der Waals surface area contributed by atoms with Crippen LogP contribution < -0.4 is 9.47 Å². The molecule has 1 fully saturated rings. The van der Waals surface area contributed by atoms with Gasteiger partial charge in [-0.2, -0.15) is 0 Å². The van der Waals surface area contributed by atoms with Crippen molar-refractivity contribution in [1.82, 2.24) is 0 Å². The zero-order valence-electron chi connectivity index (χ0n) is 15.5. The van der Waals surface area contributed by atoms with Gasteiger partial charge >= 0.3 is 0 Å². The molecule has 0 saturated carbocycles. The lowest BCUT2D eigenvalue weighted by atomic mass is 9.55. The average molecular weight is 373 g/mol. The molecule has 140 valence electrons. The van der Waals surface area contributed by atoms with E-state index in [2.05, 4.69) is 23.8 Å². The molecule has 5 nitrogen and oxygen atoms in total. The van der Waals surface area contributed by atoms with E-state index >= 15 is 0 Å². The van der Waals surface area contributed by atoms with Gasteiger partial charge in [-0.3, -0.25) is 0 Å². The van der Waals surface area contributed by atoms with Crippen molar-refractivity contribution in [1.29, 1.82) is 0 Å². The van der Waals surface area contributed by atoms with Crippen LogP contribution in [-0.2, 0) is 11.3 Å². The second kappa shape index (κ2) is 7.93. The van der Waals surface area contributed by atoms with E-state index in [4.69, 9.17) is 20.7 Å². The van der Waals surface area contributed by atoms with Crippen molar-refractivity contribution in [2.75, 3.05) is 6.61 Å². The fourth-order valence-electron chi connectivity index (χ4n) is 3.53. The molecule has 0 amide bonds. The molecule has 1 N–H and O–H groups in total. The average Bonchev–Trinajstić information content (AvgIpc) is 3.10. The highest BCUT2D eigenvalue weighted by molar-refractivity contribution is 6.53. The number of benzene rings is 2. The Morgan fingerprint density at radius 3 is 2.71 bits per heavy atom. The van der Waals surface area contributed by atoms with Gasteiger partial charge in [0.05, 0.1) is 13.2 Å². The van der Waals surface area contributed by atoms with Crippen LogP contribution in [0.5, 0.6) is 17.2 Å². The van der Waals surface area contributed by atoms with Crippen LogP contribution in [0.3, 0.4) is 0 Å². The lowest BCUT2D eigenvalue weighted by molar-refractivity contribution is 0.274. The summed E-state index contributed by atoms with van der Waals surface area (Å²) in [6.45, 7) is 9.85. The lowest BCUT2D eigenvalue weighted by Crippen LogP contribution is -2.15. The van der Waals surface area contributed by atoms with Crippen LogP contribution in [-0.4, -0.2) is 18.6 Å². The Balaban J connectivity index is 1.49. The maximum absolute atomic E-state index is 9.77. The Kier molecular flexibility index (Phi) is 5.20. The fourth-order valence-corrected chi connectivity index (χ4v) is 3.53. The van der Waals surface area contributed by atoms with E-state index in [1.165, 1.54) is 0 Å². The predicted molar refractivity (Wildman–Crippen MR) is 108 cm³/mol. The smallest absolute Gasteiger partial charge is 0.297 e. The summed E-state index contributed by atoms with van der Waals surface area (Å²) in [7, 11) is 0. The number of nitrogens with zero attached hydrogens (tertiary/aromatic N) is 1. The fraction of sp³-hybridized carbons (Fsp3) is 0.227. The van der Waals surface area contributed by atoms with Gasteiger partial charge in [0.25, 0.3) is 6.92 Å². The number of hydrogen-bond donors (Lipinski definition) is 1. The molecule has 2 unspecified atom stereocenters. The lowest BCUT2D eigenvalue weighted by Gasteiger charge is -2.20. The third kappa shape index (κ3) is 3.82. The molecule has 1 saturated heterocycles. The van der Waals surface area contributed by atoms with Crippen LogP contribution in [0.2, 0.25) is 12.6 Å². The molecule has 2 aromatic carbocycles. The number of rotatable bonds is 5. The number of fused-ring (bicyclic) bond motifs is 1. The summed E-state index contributed by atoms with van der Waals surface area (Å²) >= 11 is 0. The van der Waals surface area contributed by atoms with Gasteiger partial charge in [-0.1, -0.05) is 25.0 Å². The third-order valence-corrected chi connectivity index (χ3v) is 5.08. The van der Waals surface area contributed by atoms with E-state index in [9.17, 15) is 5.11 Å². The van der Waals surface area contributed by atoms with Gasteiger partial charge in [0, 0.05) is 18.1 Å². The molecule has 4 rings (SSSR count). The number of aliphatic hydroxyl groups is 1. The first-order valence-corrected chi connectivity index (χ1v) is 9.25. The van der Waals surface area contributed by atoms with Gasteiger partial charge in [-0.25, -0.2) is 4.85 Å². The summed E-state index contributed by atoms with van der Waals surface area (Å²) in [4.78, 5) is 3.36. The first kappa shape index (κ1) is 18.4. The van der Waals surface area contributed by atoms with E-state index in [0.29, 0.717) is 46.8 Å². The van der Waals surface area contributed by atoms with Gasteiger partial charge in [-0.15, -0.1) is 0 Å². The molecule has 2 aromatic rings. The van der Waals surface area contributed by atoms with Crippen molar-refractivity contribution < 1.29 is 19.2 Å². The van der Waals surface area contributed by atoms with Crippen molar-refractivity contribution in [3.05, 3.63) is 83.4 Å². The molecule has 0 bridgehead atoms. The minimum absolute atomic E-state index is 0.160. The van der Waals surface area contributed by atoms with E-state index in [1.807, 2.05) is 6.08 Å². The van der Waals surface area contributed by atoms with Crippen LogP contribution >= 0.6 is 0 Å². The minimum atomic E-state index is -0.160. The van der Waals surface area contributed by atoms with Crippen molar-refractivity contribution in [3.8, 4) is 17.2 Å². The highest BCUT2D eigenvalue weighted by Crippen LogP contribution is 2.37. The van der Waals surface area contributed by atoms with Crippen molar-refractivity contribution in [3.63, 3.8) is 0 Å². The Bertz CT molecular complexity index is 961. The van der Waals surface area contributed by atoms with E-state index < -0.39 is 0 Å². The van der Waals surface area contributed by atoms with Crippen molar-refractivity contribution in [2.45, 2.75) is 19.2 Å². The number of aliphatic hydroxyl groups excluding tert-OH is 1. The van der Waals surface area contributed by atoms with Crippen molar-refractivity contribution >= 4 is 12.6 Å². The largest absolute Gasteiger partial charge is 0.457 e. The Morgan fingerprint density at radius 2 is 1.96 bits per heavy atom. The topological polar surface area (TPSA) is 52.3 Å². The maximum atomic E-state index is 9.77. The van der Waals surface area contributed by atoms with Gasteiger partial charge < -0.3 is 19.2 Å². The molecule has 2 aliphatic rings. The standard InChI is InChI=1S/C22H20BNO4/c1-23-21-9-7-20(12-16(21)14-26-23)28-22-10-8-19(11-15(22)13-25)27-18-5-3-17(24-2)4-6-18/h3-12,16,21,25H,13-14H2,1H3. The van der Waals surface area contributed by atoms with Crippen LogP contribution in [0, 0.1) is 12.5 Å². The maximum Gasteiger partial charge on any atom is 0.297 e. The molecule has 0 spiro atoms. The summed E-state index contributed by atoms with van der Waals surface area (Å²) in [6, 6.07) is 12.3. The minimum Gasteiger partial charge on any atom is -0.457 e. The zero-order chi connectivity index (χ0) is 19.5. The normalized spacial score (nSPS) is 20.3. The second-order valence-electron chi connectivity index (χ2n) is 6.95. The Morgan fingerprint density at radius 1 is 1.18 bits per heavy atom.